The third kappa shape index (κ3) is 4.85. The molecule has 0 spiro atoms. The van der Waals surface area contributed by atoms with Crippen LogP contribution in [0.1, 0.15) is 35.0 Å². The van der Waals surface area contributed by atoms with Crippen molar-refractivity contribution in [3.8, 4) is 28.4 Å². The van der Waals surface area contributed by atoms with Crippen LogP contribution in [-0.2, 0) is 0 Å². The number of ether oxygens (including phenoxy) is 2. The molecule has 1 N–H and O–H groups in total. The Labute approximate surface area is 210 Å². The van der Waals surface area contributed by atoms with E-state index in [1.165, 1.54) is 0 Å². The molecule has 3 heterocycles. The molecule has 8 heteroatoms. The molecule has 0 bridgehead atoms. The predicted octanol–water partition coefficient (Wildman–Crippen LogP) is 4.72. The van der Waals surface area contributed by atoms with Crippen LogP contribution in [0.3, 0.4) is 0 Å². The predicted molar refractivity (Wildman–Crippen MR) is 137 cm³/mol. The summed E-state index contributed by atoms with van der Waals surface area (Å²) in [6.07, 6.45) is 5.73. The van der Waals surface area contributed by atoms with Crippen molar-refractivity contribution in [2.45, 2.75) is 18.9 Å². The number of carbonyl (C=O) groups is 1. The molecule has 4 aromatic rings. The Morgan fingerprint density at radius 1 is 1.06 bits per heavy atom. The summed E-state index contributed by atoms with van der Waals surface area (Å²) in [5.74, 6) is 1.90. The molecule has 1 amide bonds. The van der Waals surface area contributed by atoms with Crippen LogP contribution in [-0.4, -0.2) is 54.4 Å². The Bertz CT molecular complexity index is 1290. The van der Waals surface area contributed by atoms with Gasteiger partial charge < -0.3 is 19.2 Å². The first-order chi connectivity index (χ1) is 17.7. The lowest BCUT2D eigenvalue weighted by atomic mass is 10.1. The first kappa shape index (κ1) is 23.7. The van der Waals surface area contributed by atoms with Gasteiger partial charge in [0, 0.05) is 18.3 Å². The molecule has 0 radical (unpaired) electrons. The lowest BCUT2D eigenvalue weighted by Gasteiger charge is -2.26. The van der Waals surface area contributed by atoms with Crippen LogP contribution in [0.4, 0.5) is 0 Å². The molecule has 0 saturated carbocycles. The minimum Gasteiger partial charge on any atom is -0.497 e. The molecule has 1 aliphatic heterocycles. The van der Waals surface area contributed by atoms with Crippen LogP contribution in [0.25, 0.3) is 16.9 Å². The summed E-state index contributed by atoms with van der Waals surface area (Å²) in [6.45, 7) is 2.40. The Morgan fingerprint density at radius 3 is 2.56 bits per heavy atom. The van der Waals surface area contributed by atoms with E-state index in [-0.39, 0.29) is 11.9 Å². The number of nitrogens with one attached hydrogen (secondary N) is 1. The first-order valence-corrected chi connectivity index (χ1v) is 12.1. The monoisotopic (exact) mass is 486 g/mol. The highest BCUT2D eigenvalue weighted by molar-refractivity contribution is 6.00. The molecular formula is C28H30N4O4. The van der Waals surface area contributed by atoms with Gasteiger partial charge >= 0.3 is 0 Å². The zero-order valence-electron chi connectivity index (χ0n) is 20.5. The Hall–Kier alpha value is -4.04. The van der Waals surface area contributed by atoms with Crippen LogP contribution in [0.15, 0.2) is 77.5 Å². The Kier molecular flexibility index (Phi) is 7.04. The third-order valence-electron chi connectivity index (χ3n) is 6.55. The van der Waals surface area contributed by atoms with Gasteiger partial charge in [-0.1, -0.05) is 18.2 Å². The largest absolute Gasteiger partial charge is 0.497 e. The molecule has 8 nitrogen and oxygen atoms in total. The maximum absolute atomic E-state index is 13.6. The number of aromatic nitrogens is 2. The van der Waals surface area contributed by atoms with Crippen LogP contribution in [0.2, 0.25) is 0 Å². The molecule has 2 aromatic carbocycles. The molecule has 1 fully saturated rings. The molecule has 2 aromatic heterocycles. The summed E-state index contributed by atoms with van der Waals surface area (Å²) in [7, 11) is 3.21. The fourth-order valence-electron chi connectivity index (χ4n) is 4.68. The zero-order valence-corrected chi connectivity index (χ0v) is 20.5. The van der Waals surface area contributed by atoms with Gasteiger partial charge in [-0.3, -0.25) is 9.69 Å². The van der Waals surface area contributed by atoms with Crippen molar-refractivity contribution in [2.75, 3.05) is 33.9 Å². The summed E-state index contributed by atoms with van der Waals surface area (Å²) in [6, 6.07) is 19.0. The summed E-state index contributed by atoms with van der Waals surface area (Å²) >= 11 is 0. The van der Waals surface area contributed by atoms with E-state index < -0.39 is 0 Å². The number of carbonyl (C=O) groups excluding carboxylic acids is 1. The average molecular weight is 487 g/mol. The van der Waals surface area contributed by atoms with Gasteiger partial charge in [0.1, 0.15) is 23.0 Å². The van der Waals surface area contributed by atoms with E-state index >= 15 is 0 Å². The second-order valence-electron chi connectivity index (χ2n) is 8.72. The van der Waals surface area contributed by atoms with Gasteiger partial charge in [-0.2, -0.15) is 5.10 Å². The van der Waals surface area contributed by atoms with Crippen molar-refractivity contribution in [2.24, 2.45) is 0 Å². The Morgan fingerprint density at radius 2 is 1.86 bits per heavy atom. The summed E-state index contributed by atoms with van der Waals surface area (Å²) in [4.78, 5) is 16.0. The standard InChI is InChI=1S/C28H30N4O4/c1-34-21-12-13-25(35-2)22(17-21)27-23(19-32(30-27)20-9-4-3-5-10-20)28(33)29-18-24(26-11-8-16-36-26)31-14-6-7-15-31/h3-5,8-13,16-17,19,24H,6-7,14-15,18H2,1-2H3,(H,29,33)/t24-/m0/s1. The second kappa shape index (κ2) is 10.7. The summed E-state index contributed by atoms with van der Waals surface area (Å²) in [5.41, 5.74) is 2.50. The number of hydrogen-bond donors (Lipinski definition) is 1. The number of rotatable bonds is 9. The quantitative estimate of drug-likeness (QED) is 0.369. The van der Waals surface area contributed by atoms with Gasteiger partial charge in [0.25, 0.3) is 5.91 Å². The lowest BCUT2D eigenvalue weighted by molar-refractivity contribution is 0.0934. The van der Waals surface area contributed by atoms with Crippen LogP contribution < -0.4 is 14.8 Å². The van der Waals surface area contributed by atoms with Gasteiger partial charge in [-0.25, -0.2) is 4.68 Å². The van der Waals surface area contributed by atoms with Gasteiger partial charge in [0.2, 0.25) is 0 Å². The maximum Gasteiger partial charge on any atom is 0.255 e. The van der Waals surface area contributed by atoms with Crippen molar-refractivity contribution >= 4 is 5.91 Å². The van der Waals surface area contributed by atoms with Crippen molar-refractivity contribution < 1.29 is 18.7 Å². The molecule has 5 rings (SSSR count). The highest BCUT2D eigenvalue weighted by atomic mass is 16.5. The molecule has 186 valence electrons. The van der Waals surface area contributed by atoms with Gasteiger partial charge in [0.15, 0.2) is 0 Å². The van der Waals surface area contributed by atoms with Gasteiger partial charge in [0.05, 0.1) is 37.8 Å². The second-order valence-corrected chi connectivity index (χ2v) is 8.72. The normalized spacial score (nSPS) is 14.5. The Balaban J connectivity index is 1.50. The maximum atomic E-state index is 13.6. The van der Waals surface area contributed by atoms with Crippen molar-refractivity contribution in [1.29, 1.82) is 0 Å². The molecule has 1 aliphatic rings. The first-order valence-electron chi connectivity index (χ1n) is 12.1. The average Bonchev–Trinajstić information content (AvgIpc) is 3.71. The van der Waals surface area contributed by atoms with Crippen molar-refractivity contribution in [3.05, 3.63) is 84.4 Å². The molecule has 1 atom stereocenters. The number of hydrogen-bond acceptors (Lipinski definition) is 6. The number of benzene rings is 2. The van der Waals surface area contributed by atoms with E-state index in [4.69, 9.17) is 19.0 Å². The molecule has 0 aliphatic carbocycles. The lowest BCUT2D eigenvalue weighted by Crippen LogP contribution is -2.36. The van der Waals surface area contributed by atoms with E-state index in [0.29, 0.717) is 34.9 Å². The van der Waals surface area contributed by atoms with E-state index in [1.54, 1.807) is 31.4 Å². The van der Waals surface area contributed by atoms with E-state index in [9.17, 15) is 4.79 Å². The zero-order chi connectivity index (χ0) is 24.9. The number of likely N-dealkylation sites (tertiary alicyclic amines) is 1. The highest BCUT2D eigenvalue weighted by Crippen LogP contribution is 2.35. The summed E-state index contributed by atoms with van der Waals surface area (Å²) in [5, 5.41) is 7.94. The SMILES string of the molecule is COc1ccc(OC)c(-c2nn(-c3ccccc3)cc2C(=O)NC[C@@H](c2ccco2)N2CCCC2)c1. The van der Waals surface area contributed by atoms with E-state index in [2.05, 4.69) is 10.2 Å². The van der Waals surface area contributed by atoms with Crippen molar-refractivity contribution in [1.82, 2.24) is 20.0 Å². The summed E-state index contributed by atoms with van der Waals surface area (Å²) < 4.78 is 18.5. The third-order valence-corrected chi connectivity index (χ3v) is 6.55. The van der Waals surface area contributed by atoms with Gasteiger partial charge in [-0.15, -0.1) is 0 Å². The number of para-hydroxylation sites is 1. The van der Waals surface area contributed by atoms with E-state index in [0.717, 1.165) is 37.4 Å². The van der Waals surface area contributed by atoms with Crippen LogP contribution in [0.5, 0.6) is 11.5 Å². The van der Waals surface area contributed by atoms with Crippen molar-refractivity contribution in [3.63, 3.8) is 0 Å². The minimum absolute atomic E-state index is 0.0228. The fraction of sp³-hybridized carbons (Fsp3) is 0.286. The number of methoxy groups -OCH3 is 2. The molecule has 36 heavy (non-hydrogen) atoms. The van der Waals surface area contributed by atoms with Gasteiger partial charge in [-0.05, 0) is 68.4 Å². The van der Waals surface area contributed by atoms with Crippen LogP contribution in [0, 0.1) is 0 Å². The number of furan rings is 1. The van der Waals surface area contributed by atoms with E-state index in [1.807, 2.05) is 60.7 Å². The highest BCUT2D eigenvalue weighted by Gasteiger charge is 2.28. The fourth-order valence-corrected chi connectivity index (χ4v) is 4.68. The minimum atomic E-state index is -0.215. The smallest absolute Gasteiger partial charge is 0.255 e. The number of nitrogens with zero attached hydrogens (tertiary/aromatic N) is 3. The molecule has 1 saturated heterocycles. The molecular weight excluding hydrogens is 456 g/mol. The molecule has 0 unspecified atom stereocenters. The number of amides is 1. The van der Waals surface area contributed by atoms with Crippen LogP contribution >= 0.6 is 0 Å². The topological polar surface area (TPSA) is 81.8 Å².